The Morgan fingerprint density at radius 1 is 1.12 bits per heavy atom. The fraction of sp³-hybridized carbons (Fsp3) is 0.238. The van der Waals surface area contributed by atoms with Gasteiger partial charge in [0.25, 0.3) is 5.91 Å². The second kappa shape index (κ2) is 9.78. The molecule has 0 radical (unpaired) electrons. The van der Waals surface area contributed by atoms with Crippen LogP contribution in [0.4, 0.5) is 5.69 Å². The number of carbonyl (C=O) groups is 2. The number of carbonyl (C=O) groups excluding carboxylic acids is 2. The van der Waals surface area contributed by atoms with Gasteiger partial charge in [0.1, 0.15) is 0 Å². The summed E-state index contributed by atoms with van der Waals surface area (Å²) < 4.78 is 0. The van der Waals surface area contributed by atoms with Crippen molar-refractivity contribution in [1.82, 2.24) is 5.32 Å². The SMILES string of the molecule is CC(C)CCNC(=O)c1ccc(Cl)c(NC(=O)/C=C\c2ccccc2)c1. The van der Waals surface area contributed by atoms with Crippen molar-refractivity contribution in [1.29, 1.82) is 0 Å². The molecule has 2 aromatic rings. The average molecular weight is 371 g/mol. The highest BCUT2D eigenvalue weighted by Crippen LogP contribution is 2.23. The van der Waals surface area contributed by atoms with Gasteiger partial charge in [-0.25, -0.2) is 0 Å². The van der Waals surface area contributed by atoms with Crippen molar-refractivity contribution in [3.63, 3.8) is 0 Å². The number of benzene rings is 2. The van der Waals surface area contributed by atoms with Crippen molar-refractivity contribution in [2.75, 3.05) is 11.9 Å². The summed E-state index contributed by atoms with van der Waals surface area (Å²) in [6, 6.07) is 14.3. The first-order valence-corrected chi connectivity index (χ1v) is 8.95. The molecule has 0 atom stereocenters. The van der Waals surface area contributed by atoms with E-state index in [1.165, 1.54) is 6.08 Å². The fourth-order valence-electron chi connectivity index (χ4n) is 2.25. The zero-order valence-electron chi connectivity index (χ0n) is 15.0. The summed E-state index contributed by atoms with van der Waals surface area (Å²) in [4.78, 5) is 24.3. The molecule has 0 saturated carbocycles. The normalized spacial score (nSPS) is 10.9. The first-order valence-electron chi connectivity index (χ1n) is 8.57. The molecule has 0 aliphatic carbocycles. The van der Waals surface area contributed by atoms with Gasteiger partial charge < -0.3 is 10.6 Å². The van der Waals surface area contributed by atoms with Crippen molar-refractivity contribution < 1.29 is 9.59 Å². The van der Waals surface area contributed by atoms with E-state index in [1.807, 2.05) is 30.3 Å². The summed E-state index contributed by atoms with van der Waals surface area (Å²) in [5.74, 6) is 0.0255. The highest BCUT2D eigenvalue weighted by atomic mass is 35.5. The van der Waals surface area contributed by atoms with Gasteiger partial charge in [0.05, 0.1) is 10.7 Å². The van der Waals surface area contributed by atoms with Crippen LogP contribution in [0, 0.1) is 5.92 Å². The smallest absolute Gasteiger partial charge is 0.251 e. The quantitative estimate of drug-likeness (QED) is 0.690. The van der Waals surface area contributed by atoms with Gasteiger partial charge in [-0.15, -0.1) is 0 Å². The number of rotatable bonds is 7. The molecule has 2 N–H and O–H groups in total. The number of hydrogen-bond acceptors (Lipinski definition) is 2. The number of halogens is 1. The zero-order chi connectivity index (χ0) is 18.9. The lowest BCUT2D eigenvalue weighted by Gasteiger charge is -2.10. The maximum atomic E-state index is 12.2. The van der Waals surface area contributed by atoms with Gasteiger partial charge in [0.2, 0.25) is 5.91 Å². The molecule has 136 valence electrons. The Balaban J connectivity index is 2.01. The van der Waals surface area contributed by atoms with Crippen LogP contribution >= 0.6 is 11.6 Å². The Morgan fingerprint density at radius 2 is 1.85 bits per heavy atom. The molecule has 0 aliphatic heterocycles. The van der Waals surface area contributed by atoms with E-state index in [-0.39, 0.29) is 11.8 Å². The van der Waals surface area contributed by atoms with Crippen LogP contribution in [-0.4, -0.2) is 18.4 Å². The number of hydrogen-bond donors (Lipinski definition) is 2. The minimum Gasteiger partial charge on any atom is -0.352 e. The van der Waals surface area contributed by atoms with Crippen molar-refractivity contribution in [2.24, 2.45) is 5.92 Å². The average Bonchev–Trinajstić information content (AvgIpc) is 2.62. The molecule has 4 nitrogen and oxygen atoms in total. The minimum atomic E-state index is -0.312. The first kappa shape index (κ1) is 19.7. The van der Waals surface area contributed by atoms with Crippen LogP contribution in [0.25, 0.3) is 6.08 Å². The summed E-state index contributed by atoms with van der Waals surface area (Å²) in [5.41, 5.74) is 1.79. The van der Waals surface area contributed by atoms with E-state index in [9.17, 15) is 9.59 Å². The van der Waals surface area contributed by atoms with Crippen LogP contribution in [0.3, 0.4) is 0 Å². The summed E-state index contributed by atoms with van der Waals surface area (Å²) >= 11 is 6.14. The van der Waals surface area contributed by atoms with E-state index in [1.54, 1.807) is 24.3 Å². The highest BCUT2D eigenvalue weighted by Gasteiger charge is 2.10. The summed E-state index contributed by atoms with van der Waals surface area (Å²) in [7, 11) is 0. The lowest BCUT2D eigenvalue weighted by Crippen LogP contribution is -2.25. The van der Waals surface area contributed by atoms with Crippen LogP contribution in [0.15, 0.2) is 54.6 Å². The molecular formula is C21H23ClN2O2. The third-order valence-corrected chi connectivity index (χ3v) is 4.05. The molecule has 0 heterocycles. The Morgan fingerprint density at radius 3 is 2.54 bits per heavy atom. The molecule has 5 heteroatoms. The topological polar surface area (TPSA) is 58.2 Å². The van der Waals surface area contributed by atoms with Gasteiger partial charge in [-0.3, -0.25) is 9.59 Å². The molecule has 2 rings (SSSR count). The third-order valence-electron chi connectivity index (χ3n) is 3.72. The van der Waals surface area contributed by atoms with Gasteiger partial charge in [-0.1, -0.05) is 55.8 Å². The number of nitrogens with one attached hydrogen (secondary N) is 2. The molecule has 0 bridgehead atoms. The highest BCUT2D eigenvalue weighted by molar-refractivity contribution is 6.34. The maximum absolute atomic E-state index is 12.2. The standard InChI is InChI=1S/C21H23ClN2O2/c1-15(2)12-13-23-21(26)17-9-10-18(22)19(14-17)24-20(25)11-8-16-6-4-3-5-7-16/h3-11,14-15H,12-13H2,1-2H3,(H,23,26)(H,24,25)/b11-8-. The van der Waals surface area contributed by atoms with Gasteiger partial charge in [-0.05, 0) is 42.2 Å². The molecule has 0 aromatic heterocycles. The van der Waals surface area contributed by atoms with Crippen LogP contribution in [0.2, 0.25) is 5.02 Å². The maximum Gasteiger partial charge on any atom is 0.251 e. The first-order chi connectivity index (χ1) is 12.5. The largest absolute Gasteiger partial charge is 0.352 e. The van der Waals surface area contributed by atoms with E-state index >= 15 is 0 Å². The van der Waals surface area contributed by atoms with Crippen molar-refractivity contribution in [3.05, 3.63) is 70.8 Å². The van der Waals surface area contributed by atoms with Crippen LogP contribution in [-0.2, 0) is 4.79 Å². The van der Waals surface area contributed by atoms with Gasteiger partial charge in [0, 0.05) is 18.2 Å². The molecule has 2 amide bonds. The van der Waals surface area contributed by atoms with Gasteiger partial charge in [0.15, 0.2) is 0 Å². The van der Waals surface area contributed by atoms with E-state index < -0.39 is 0 Å². The molecule has 0 saturated heterocycles. The van der Waals surface area contributed by atoms with Gasteiger partial charge in [-0.2, -0.15) is 0 Å². The van der Waals surface area contributed by atoms with Crippen LogP contribution in [0.1, 0.15) is 36.2 Å². The van der Waals surface area contributed by atoms with Crippen LogP contribution < -0.4 is 10.6 Å². The fourth-order valence-corrected chi connectivity index (χ4v) is 2.41. The van der Waals surface area contributed by atoms with Gasteiger partial charge >= 0.3 is 0 Å². The van der Waals surface area contributed by atoms with E-state index in [2.05, 4.69) is 24.5 Å². The second-order valence-corrected chi connectivity index (χ2v) is 6.77. The Hall–Kier alpha value is -2.59. The number of amides is 2. The molecular weight excluding hydrogens is 348 g/mol. The molecule has 2 aromatic carbocycles. The zero-order valence-corrected chi connectivity index (χ0v) is 15.7. The van der Waals surface area contributed by atoms with E-state index in [0.717, 1.165) is 12.0 Å². The molecule has 0 aliphatic rings. The summed E-state index contributed by atoms with van der Waals surface area (Å²) in [6.07, 6.45) is 4.06. The minimum absolute atomic E-state index is 0.183. The molecule has 0 unspecified atom stereocenters. The third kappa shape index (κ3) is 6.37. The molecule has 0 fully saturated rings. The summed E-state index contributed by atoms with van der Waals surface area (Å²) in [5, 5.41) is 5.96. The van der Waals surface area contributed by atoms with Crippen molar-refractivity contribution in [2.45, 2.75) is 20.3 Å². The monoisotopic (exact) mass is 370 g/mol. The predicted octanol–water partition coefficient (Wildman–Crippen LogP) is 4.77. The van der Waals surface area contributed by atoms with E-state index in [0.29, 0.717) is 28.7 Å². The van der Waals surface area contributed by atoms with Crippen molar-refractivity contribution in [3.8, 4) is 0 Å². The number of anilines is 1. The predicted molar refractivity (Wildman–Crippen MR) is 107 cm³/mol. The molecule has 0 spiro atoms. The lowest BCUT2D eigenvalue weighted by molar-refractivity contribution is -0.111. The Bertz CT molecular complexity index is 786. The lowest BCUT2D eigenvalue weighted by atomic mass is 10.1. The van der Waals surface area contributed by atoms with Crippen LogP contribution in [0.5, 0.6) is 0 Å². The van der Waals surface area contributed by atoms with Crippen molar-refractivity contribution >= 4 is 35.2 Å². The Kier molecular flexibility index (Phi) is 7.42. The Labute approximate surface area is 159 Å². The second-order valence-electron chi connectivity index (χ2n) is 6.37. The van der Waals surface area contributed by atoms with E-state index in [4.69, 9.17) is 11.6 Å². The summed E-state index contributed by atoms with van der Waals surface area (Å²) in [6.45, 7) is 4.82. The molecule has 26 heavy (non-hydrogen) atoms.